The van der Waals surface area contributed by atoms with Crippen molar-refractivity contribution < 1.29 is 9.59 Å². The van der Waals surface area contributed by atoms with Crippen LogP contribution >= 0.6 is 31.9 Å². The number of ketones is 1. The monoisotopic (exact) mass is 657 g/mol. The van der Waals surface area contributed by atoms with Gasteiger partial charge in [-0.15, -0.1) is 0 Å². The lowest BCUT2D eigenvalue weighted by Gasteiger charge is -2.10. The average molecular weight is 660 g/mol. The van der Waals surface area contributed by atoms with E-state index in [1.54, 1.807) is 12.1 Å². The molecule has 5 nitrogen and oxygen atoms in total. The number of hydrogen-bond donors (Lipinski definition) is 3. The minimum absolute atomic E-state index is 0.195. The molecule has 1 amide bonds. The predicted molar refractivity (Wildman–Crippen MR) is 169 cm³/mol. The van der Waals surface area contributed by atoms with Crippen molar-refractivity contribution in [1.29, 1.82) is 0 Å². The van der Waals surface area contributed by atoms with E-state index in [0.29, 0.717) is 28.9 Å². The van der Waals surface area contributed by atoms with E-state index in [4.69, 9.17) is 5.73 Å². The third-order valence-electron chi connectivity index (χ3n) is 7.04. The van der Waals surface area contributed by atoms with Crippen molar-refractivity contribution in [2.45, 2.75) is 84.0 Å². The van der Waals surface area contributed by atoms with Gasteiger partial charge in [0.2, 0.25) is 5.78 Å². The summed E-state index contributed by atoms with van der Waals surface area (Å²) in [5.41, 5.74) is 8.73. The minimum Gasteiger partial charge on any atom is -0.385 e. The van der Waals surface area contributed by atoms with Crippen molar-refractivity contribution in [3.05, 3.63) is 74.3 Å². The van der Waals surface area contributed by atoms with Gasteiger partial charge in [0.05, 0.1) is 11.3 Å². The summed E-state index contributed by atoms with van der Waals surface area (Å²) in [5.74, 6) is -0.285. The van der Waals surface area contributed by atoms with Crippen LogP contribution in [0.2, 0.25) is 0 Å². The zero-order chi connectivity index (χ0) is 28.0. The largest absolute Gasteiger partial charge is 0.385 e. The zero-order valence-corrected chi connectivity index (χ0v) is 26.1. The number of benzene rings is 2. The molecule has 0 bridgehead atoms. The molecule has 1 aromatic heterocycles. The van der Waals surface area contributed by atoms with E-state index in [2.05, 4.69) is 49.1 Å². The number of aromatic nitrogens is 1. The highest BCUT2D eigenvalue weighted by Crippen LogP contribution is 2.34. The van der Waals surface area contributed by atoms with Gasteiger partial charge in [-0.3, -0.25) is 9.59 Å². The van der Waals surface area contributed by atoms with E-state index in [-0.39, 0.29) is 17.5 Å². The fourth-order valence-electron chi connectivity index (χ4n) is 4.83. The van der Waals surface area contributed by atoms with Crippen LogP contribution in [0.3, 0.4) is 0 Å². The number of nitrogen functional groups attached to an aromatic ring is 1. The summed E-state index contributed by atoms with van der Waals surface area (Å²) in [6.07, 6.45) is 15.2. The molecular formula is C32H41Br2N3O2. The van der Waals surface area contributed by atoms with Gasteiger partial charge < -0.3 is 16.0 Å². The maximum atomic E-state index is 13.4. The van der Waals surface area contributed by atoms with E-state index < -0.39 is 0 Å². The minimum atomic E-state index is -0.264. The standard InChI is InChI=1S/C32H41Br2N3O2/c1-2-3-4-5-6-7-8-9-10-11-12-13-22-36-32(39)28-27(23-14-18-25(33)19-15-23)29(37-31(28)35)30(38)24-16-20-26(34)21-17-24/h14-21,37H,2-13,22,35H2,1H3,(H,36,39). The maximum Gasteiger partial charge on any atom is 0.255 e. The number of aromatic amines is 1. The zero-order valence-electron chi connectivity index (χ0n) is 23.0. The number of nitrogens with two attached hydrogens (primary N) is 1. The third kappa shape index (κ3) is 9.64. The van der Waals surface area contributed by atoms with Crippen molar-refractivity contribution in [3.63, 3.8) is 0 Å². The van der Waals surface area contributed by atoms with Crippen LogP contribution in [-0.4, -0.2) is 23.2 Å². The number of unbranched alkanes of at least 4 members (excludes halogenated alkanes) is 11. The second kappa shape index (κ2) is 16.7. The lowest BCUT2D eigenvalue weighted by molar-refractivity contribution is 0.0954. The van der Waals surface area contributed by atoms with E-state index in [9.17, 15) is 9.59 Å². The first kappa shape index (κ1) is 31.2. The number of carbonyl (C=O) groups is 2. The van der Waals surface area contributed by atoms with Crippen LogP contribution in [0.15, 0.2) is 57.5 Å². The molecule has 0 spiro atoms. The summed E-state index contributed by atoms with van der Waals surface area (Å²) in [5, 5.41) is 3.03. The fraction of sp³-hybridized carbons (Fsp3) is 0.438. The Labute approximate surface area is 250 Å². The number of halogens is 2. The number of carbonyl (C=O) groups excluding carboxylic acids is 2. The summed E-state index contributed by atoms with van der Waals surface area (Å²) in [6.45, 7) is 2.84. The van der Waals surface area contributed by atoms with Crippen molar-refractivity contribution in [2.75, 3.05) is 12.3 Å². The number of amides is 1. The average Bonchev–Trinajstić information content (AvgIpc) is 3.28. The molecule has 0 saturated carbocycles. The molecule has 4 N–H and O–H groups in total. The van der Waals surface area contributed by atoms with Gasteiger partial charge in [-0.25, -0.2) is 0 Å². The smallest absolute Gasteiger partial charge is 0.255 e. The molecule has 0 aliphatic heterocycles. The topological polar surface area (TPSA) is 88.0 Å². The molecule has 3 rings (SSSR count). The number of nitrogens with one attached hydrogen (secondary N) is 2. The molecule has 0 saturated heterocycles. The lowest BCUT2D eigenvalue weighted by Crippen LogP contribution is -2.25. The van der Waals surface area contributed by atoms with Crippen LogP contribution in [0.4, 0.5) is 5.82 Å². The van der Waals surface area contributed by atoms with E-state index in [1.165, 1.54) is 64.2 Å². The van der Waals surface area contributed by atoms with Crippen LogP contribution in [-0.2, 0) is 0 Å². The second-order valence-corrected chi connectivity index (χ2v) is 12.0. The van der Waals surface area contributed by atoms with Gasteiger partial charge in [0.15, 0.2) is 0 Å². The molecule has 0 fully saturated rings. The van der Waals surface area contributed by atoms with Gasteiger partial charge in [0.1, 0.15) is 5.82 Å². The molecule has 0 aliphatic rings. The molecule has 2 aromatic carbocycles. The van der Waals surface area contributed by atoms with Crippen molar-refractivity contribution >= 4 is 49.4 Å². The molecular weight excluding hydrogens is 618 g/mol. The first-order chi connectivity index (χ1) is 18.9. The Morgan fingerprint density at radius 1 is 0.744 bits per heavy atom. The predicted octanol–water partition coefficient (Wildman–Crippen LogP) is 9.45. The molecule has 0 aliphatic carbocycles. The summed E-state index contributed by atoms with van der Waals surface area (Å²) in [6, 6.07) is 14.7. The number of rotatable bonds is 17. The Kier molecular flexibility index (Phi) is 13.3. The summed E-state index contributed by atoms with van der Waals surface area (Å²) >= 11 is 6.87. The summed E-state index contributed by atoms with van der Waals surface area (Å²) in [4.78, 5) is 29.8. The summed E-state index contributed by atoms with van der Waals surface area (Å²) < 4.78 is 1.80. The number of hydrogen-bond acceptors (Lipinski definition) is 3. The fourth-order valence-corrected chi connectivity index (χ4v) is 5.36. The van der Waals surface area contributed by atoms with Crippen LogP contribution in [0.25, 0.3) is 11.1 Å². The van der Waals surface area contributed by atoms with Crippen LogP contribution in [0, 0.1) is 0 Å². The van der Waals surface area contributed by atoms with Crippen molar-refractivity contribution in [2.24, 2.45) is 0 Å². The molecule has 0 unspecified atom stereocenters. The molecule has 7 heteroatoms. The van der Waals surface area contributed by atoms with Crippen LogP contribution in [0.5, 0.6) is 0 Å². The van der Waals surface area contributed by atoms with Crippen molar-refractivity contribution in [3.8, 4) is 11.1 Å². The van der Waals surface area contributed by atoms with Crippen LogP contribution in [0.1, 0.15) is 110 Å². The van der Waals surface area contributed by atoms with Gasteiger partial charge >= 0.3 is 0 Å². The number of H-pyrrole nitrogens is 1. The second-order valence-electron chi connectivity index (χ2n) is 10.2. The molecule has 0 radical (unpaired) electrons. The van der Waals surface area contributed by atoms with Gasteiger partial charge in [0, 0.05) is 26.6 Å². The first-order valence-electron chi connectivity index (χ1n) is 14.3. The van der Waals surface area contributed by atoms with Crippen LogP contribution < -0.4 is 11.1 Å². The van der Waals surface area contributed by atoms with Gasteiger partial charge in [0.25, 0.3) is 5.91 Å². The Bertz CT molecular complexity index is 1190. The molecule has 0 atom stereocenters. The lowest BCUT2D eigenvalue weighted by atomic mass is 9.96. The molecule has 39 heavy (non-hydrogen) atoms. The molecule has 3 aromatic rings. The highest BCUT2D eigenvalue weighted by molar-refractivity contribution is 9.10. The van der Waals surface area contributed by atoms with Gasteiger partial charge in [-0.2, -0.15) is 0 Å². The normalized spacial score (nSPS) is 11.1. The summed E-state index contributed by atoms with van der Waals surface area (Å²) in [7, 11) is 0. The Hall–Kier alpha value is -2.38. The SMILES string of the molecule is CCCCCCCCCCCCCCNC(=O)c1c(N)[nH]c(C(=O)c2ccc(Br)cc2)c1-c1ccc(Br)cc1. The molecule has 1 heterocycles. The highest BCUT2D eigenvalue weighted by Gasteiger charge is 2.27. The van der Waals surface area contributed by atoms with E-state index in [1.807, 2.05) is 36.4 Å². The number of anilines is 1. The first-order valence-corrected chi connectivity index (χ1v) is 15.9. The van der Waals surface area contributed by atoms with Gasteiger partial charge in [-0.1, -0.05) is 122 Å². The molecule has 210 valence electrons. The highest BCUT2D eigenvalue weighted by atomic mass is 79.9. The van der Waals surface area contributed by atoms with E-state index >= 15 is 0 Å². The quantitative estimate of drug-likeness (QED) is 0.0997. The van der Waals surface area contributed by atoms with E-state index in [0.717, 1.165) is 27.4 Å². The maximum absolute atomic E-state index is 13.4. The van der Waals surface area contributed by atoms with Gasteiger partial charge in [-0.05, 0) is 48.4 Å². The third-order valence-corrected chi connectivity index (χ3v) is 8.10. The Morgan fingerprint density at radius 2 is 1.23 bits per heavy atom. The Morgan fingerprint density at radius 3 is 1.77 bits per heavy atom. The van der Waals surface area contributed by atoms with Crippen molar-refractivity contribution in [1.82, 2.24) is 10.3 Å². The Balaban J connectivity index is 1.57.